The zero-order chi connectivity index (χ0) is 6.53. The van der Waals surface area contributed by atoms with Crippen LogP contribution >= 0.6 is 0 Å². The number of nitrogens with zero attached hydrogens (tertiary/aromatic N) is 1. The summed E-state index contributed by atoms with van der Waals surface area (Å²) in [5, 5.41) is 11.1. The molecule has 0 aliphatic heterocycles. The minimum absolute atomic E-state index is 0.0857. The highest BCUT2D eigenvalue weighted by molar-refractivity contribution is 5.16. The van der Waals surface area contributed by atoms with Gasteiger partial charge in [-0.1, -0.05) is 0 Å². The minimum Gasteiger partial charge on any atom is -0.432 e. The summed E-state index contributed by atoms with van der Waals surface area (Å²) in [6, 6.07) is 0.448. The van der Waals surface area contributed by atoms with Crippen LogP contribution in [0.25, 0.3) is 0 Å². The van der Waals surface area contributed by atoms with Gasteiger partial charge in [-0.2, -0.15) is 0 Å². The Morgan fingerprint density at radius 2 is 2.67 bits per heavy atom. The van der Waals surface area contributed by atoms with Gasteiger partial charge in [-0.25, -0.2) is 4.98 Å². The van der Waals surface area contributed by atoms with Crippen molar-refractivity contribution < 1.29 is 9.52 Å². The van der Waals surface area contributed by atoms with Gasteiger partial charge in [0.2, 0.25) is 0 Å². The summed E-state index contributed by atoms with van der Waals surface area (Å²) in [6.45, 7) is 0.558. The SMILES string of the molecule is OCCNc1ncco1. The predicted octanol–water partition coefficient (Wildman–Crippen LogP) is 0.0788. The van der Waals surface area contributed by atoms with Gasteiger partial charge in [0.1, 0.15) is 6.26 Å². The number of rotatable bonds is 3. The van der Waals surface area contributed by atoms with Crippen LogP contribution in [0.2, 0.25) is 0 Å². The quantitative estimate of drug-likeness (QED) is 0.605. The molecule has 9 heavy (non-hydrogen) atoms. The van der Waals surface area contributed by atoms with Gasteiger partial charge in [0.25, 0.3) is 6.01 Å². The fourth-order valence-corrected chi connectivity index (χ4v) is 0.474. The molecule has 0 saturated heterocycles. The van der Waals surface area contributed by atoms with Gasteiger partial charge in [0.05, 0.1) is 12.8 Å². The van der Waals surface area contributed by atoms with Crippen molar-refractivity contribution in [2.45, 2.75) is 0 Å². The molecule has 0 spiro atoms. The van der Waals surface area contributed by atoms with Crippen molar-refractivity contribution in [1.82, 2.24) is 4.98 Å². The summed E-state index contributed by atoms with van der Waals surface area (Å²) < 4.78 is 4.80. The summed E-state index contributed by atoms with van der Waals surface area (Å²) in [7, 11) is 0. The average Bonchev–Trinajstić information content (AvgIpc) is 2.34. The normalized spacial score (nSPS) is 9.44. The number of anilines is 1. The number of nitrogens with one attached hydrogen (secondary N) is 1. The van der Waals surface area contributed by atoms with Gasteiger partial charge >= 0.3 is 0 Å². The number of oxazole rings is 1. The van der Waals surface area contributed by atoms with E-state index < -0.39 is 0 Å². The van der Waals surface area contributed by atoms with Gasteiger partial charge in [-0.15, -0.1) is 0 Å². The van der Waals surface area contributed by atoms with Gasteiger partial charge in [0.15, 0.2) is 0 Å². The molecule has 1 heterocycles. The molecule has 2 N–H and O–H groups in total. The van der Waals surface area contributed by atoms with Crippen molar-refractivity contribution >= 4 is 6.01 Å². The smallest absolute Gasteiger partial charge is 0.294 e. The van der Waals surface area contributed by atoms with Gasteiger partial charge in [-0.05, 0) is 0 Å². The molecule has 0 amide bonds. The molecule has 4 heteroatoms. The number of hydrogen-bond donors (Lipinski definition) is 2. The van der Waals surface area contributed by atoms with Gasteiger partial charge < -0.3 is 14.8 Å². The van der Waals surface area contributed by atoms with Crippen LogP contribution in [0, 0.1) is 0 Å². The van der Waals surface area contributed by atoms with Crippen molar-refractivity contribution in [3.8, 4) is 0 Å². The fraction of sp³-hybridized carbons (Fsp3) is 0.400. The molecule has 0 bridgehead atoms. The standard InChI is InChI=1S/C5H8N2O2/c8-3-1-6-5-7-2-4-9-5/h2,4,8H,1,3H2,(H,6,7). The Balaban J connectivity index is 2.30. The highest BCUT2D eigenvalue weighted by atomic mass is 16.4. The summed E-state index contributed by atoms with van der Waals surface area (Å²) in [4.78, 5) is 3.76. The molecule has 1 rings (SSSR count). The van der Waals surface area contributed by atoms with E-state index in [1.807, 2.05) is 0 Å². The van der Waals surface area contributed by atoms with E-state index in [-0.39, 0.29) is 6.61 Å². The second-order valence-electron chi connectivity index (χ2n) is 1.49. The van der Waals surface area contributed by atoms with E-state index in [0.717, 1.165) is 0 Å². The lowest BCUT2D eigenvalue weighted by Gasteiger charge is -1.94. The molecule has 0 fully saturated rings. The van der Waals surface area contributed by atoms with Crippen LogP contribution in [0.5, 0.6) is 0 Å². The van der Waals surface area contributed by atoms with E-state index >= 15 is 0 Å². The van der Waals surface area contributed by atoms with Gasteiger partial charge in [0, 0.05) is 6.54 Å². The molecule has 0 aliphatic rings. The lowest BCUT2D eigenvalue weighted by atomic mass is 10.7. The Hall–Kier alpha value is -1.03. The van der Waals surface area contributed by atoms with Crippen LogP contribution in [0.3, 0.4) is 0 Å². The Labute approximate surface area is 52.5 Å². The summed E-state index contributed by atoms with van der Waals surface area (Å²) >= 11 is 0. The number of hydrogen-bond acceptors (Lipinski definition) is 4. The first-order valence-electron chi connectivity index (χ1n) is 2.67. The molecule has 1 aromatic heterocycles. The molecule has 0 atom stereocenters. The summed E-state index contributed by atoms with van der Waals surface area (Å²) in [6.07, 6.45) is 3.01. The molecule has 0 radical (unpaired) electrons. The first kappa shape index (κ1) is 6.10. The topological polar surface area (TPSA) is 58.3 Å². The average molecular weight is 128 g/mol. The summed E-state index contributed by atoms with van der Waals surface area (Å²) in [5.74, 6) is 0. The van der Waals surface area contributed by atoms with Crippen molar-refractivity contribution in [3.63, 3.8) is 0 Å². The van der Waals surface area contributed by atoms with Crippen LogP contribution in [0.4, 0.5) is 6.01 Å². The van der Waals surface area contributed by atoms with Crippen molar-refractivity contribution in [1.29, 1.82) is 0 Å². The van der Waals surface area contributed by atoms with Crippen LogP contribution < -0.4 is 5.32 Å². The largest absolute Gasteiger partial charge is 0.432 e. The van der Waals surface area contributed by atoms with Crippen LogP contribution in [-0.2, 0) is 0 Å². The fourth-order valence-electron chi connectivity index (χ4n) is 0.474. The molecule has 4 nitrogen and oxygen atoms in total. The highest BCUT2D eigenvalue weighted by Gasteiger charge is 1.90. The monoisotopic (exact) mass is 128 g/mol. The third-order valence-electron chi connectivity index (χ3n) is 0.820. The number of aromatic nitrogens is 1. The van der Waals surface area contributed by atoms with E-state index in [1.165, 1.54) is 6.26 Å². The van der Waals surface area contributed by atoms with Crippen LogP contribution in [0.15, 0.2) is 16.9 Å². The lowest BCUT2D eigenvalue weighted by molar-refractivity contribution is 0.309. The maximum Gasteiger partial charge on any atom is 0.294 e. The van der Waals surface area contributed by atoms with E-state index in [1.54, 1.807) is 6.20 Å². The van der Waals surface area contributed by atoms with Crippen LogP contribution in [0.1, 0.15) is 0 Å². The molecular weight excluding hydrogens is 120 g/mol. The second kappa shape index (κ2) is 3.09. The van der Waals surface area contributed by atoms with Gasteiger partial charge in [-0.3, -0.25) is 0 Å². The minimum atomic E-state index is 0.0857. The third-order valence-corrected chi connectivity index (χ3v) is 0.820. The van der Waals surface area contributed by atoms with E-state index in [2.05, 4.69) is 10.3 Å². The molecule has 1 aromatic rings. The zero-order valence-corrected chi connectivity index (χ0v) is 4.87. The Bertz CT molecular complexity index is 150. The Morgan fingerprint density at radius 1 is 1.78 bits per heavy atom. The Kier molecular flexibility index (Phi) is 2.09. The van der Waals surface area contributed by atoms with E-state index in [0.29, 0.717) is 12.6 Å². The highest BCUT2D eigenvalue weighted by Crippen LogP contribution is 1.98. The molecule has 0 unspecified atom stereocenters. The molecule has 0 aromatic carbocycles. The number of aliphatic hydroxyl groups excluding tert-OH is 1. The lowest BCUT2D eigenvalue weighted by Crippen LogP contribution is -2.04. The molecular formula is C5H8N2O2. The van der Waals surface area contributed by atoms with Crippen molar-refractivity contribution in [2.75, 3.05) is 18.5 Å². The number of aliphatic hydroxyl groups is 1. The second-order valence-corrected chi connectivity index (χ2v) is 1.49. The summed E-state index contributed by atoms with van der Waals surface area (Å²) in [5.41, 5.74) is 0. The first-order chi connectivity index (χ1) is 4.43. The zero-order valence-electron chi connectivity index (χ0n) is 4.87. The first-order valence-corrected chi connectivity index (χ1v) is 2.67. The Morgan fingerprint density at radius 3 is 3.22 bits per heavy atom. The van der Waals surface area contributed by atoms with E-state index in [9.17, 15) is 0 Å². The van der Waals surface area contributed by atoms with Crippen LogP contribution in [-0.4, -0.2) is 23.2 Å². The third kappa shape index (κ3) is 1.73. The van der Waals surface area contributed by atoms with E-state index in [4.69, 9.17) is 9.52 Å². The maximum atomic E-state index is 8.33. The molecule has 0 saturated carbocycles. The van der Waals surface area contributed by atoms with Crippen molar-refractivity contribution in [3.05, 3.63) is 12.5 Å². The maximum absolute atomic E-state index is 8.33. The molecule has 0 aliphatic carbocycles. The molecule has 50 valence electrons. The predicted molar refractivity (Wildman–Crippen MR) is 32.1 cm³/mol. The van der Waals surface area contributed by atoms with Crippen molar-refractivity contribution in [2.24, 2.45) is 0 Å².